The first kappa shape index (κ1) is 21.7. The number of ether oxygens (including phenoxy) is 1. The number of aryl methyl sites for hydroxylation is 2. The Labute approximate surface area is 191 Å². The molecule has 4 rings (SSSR count). The number of carbonyl (C=O) groups excluding carboxylic acids is 1. The van der Waals surface area contributed by atoms with E-state index >= 15 is 0 Å². The van der Waals surface area contributed by atoms with Crippen LogP contribution >= 0.6 is 11.3 Å². The first-order valence-corrected chi connectivity index (χ1v) is 11.2. The Hall–Kier alpha value is -3.52. The fourth-order valence-corrected chi connectivity index (χ4v) is 4.38. The normalized spacial score (nSPS) is 10.9. The van der Waals surface area contributed by atoms with Crippen LogP contribution in [-0.4, -0.2) is 33.0 Å². The number of hydrogen-bond acceptors (Lipinski definition) is 6. The predicted octanol–water partition coefficient (Wildman–Crippen LogP) is 4.51. The Balaban J connectivity index is 1.51. The molecule has 164 valence electrons. The smallest absolute Gasteiger partial charge is 0.263 e. The van der Waals surface area contributed by atoms with E-state index in [-0.39, 0.29) is 5.91 Å². The summed E-state index contributed by atoms with van der Waals surface area (Å²) >= 11 is 1.33. The van der Waals surface area contributed by atoms with Crippen LogP contribution in [0.4, 0.5) is 0 Å². The molecule has 0 spiro atoms. The first-order valence-electron chi connectivity index (χ1n) is 10.4. The molecule has 32 heavy (non-hydrogen) atoms. The minimum absolute atomic E-state index is 0.151. The Bertz CT molecular complexity index is 1230. The Morgan fingerprint density at radius 3 is 2.41 bits per heavy atom. The summed E-state index contributed by atoms with van der Waals surface area (Å²) in [4.78, 5) is 18.0. The molecule has 0 bridgehead atoms. The molecule has 0 unspecified atom stereocenters. The quantitative estimate of drug-likeness (QED) is 0.451. The summed E-state index contributed by atoms with van der Waals surface area (Å²) in [7, 11) is 1.63. The molecular weight excluding hydrogens is 422 g/mol. The molecule has 0 aliphatic heterocycles. The van der Waals surface area contributed by atoms with E-state index in [1.807, 2.05) is 50.2 Å². The zero-order chi connectivity index (χ0) is 22.7. The van der Waals surface area contributed by atoms with Crippen LogP contribution in [0.5, 0.6) is 5.75 Å². The average Bonchev–Trinajstić information content (AvgIpc) is 3.40. The van der Waals surface area contributed by atoms with Crippen molar-refractivity contribution in [1.82, 2.24) is 25.3 Å². The van der Waals surface area contributed by atoms with Gasteiger partial charge in [0.25, 0.3) is 5.91 Å². The molecule has 0 fully saturated rings. The van der Waals surface area contributed by atoms with Crippen molar-refractivity contribution in [2.24, 2.45) is 0 Å². The zero-order valence-electron chi connectivity index (χ0n) is 18.5. The van der Waals surface area contributed by atoms with E-state index in [1.165, 1.54) is 16.9 Å². The SMILES string of the molecule is CCc1ccc(-n2nnc(-c3nc(C)c(C(=O)NCc4ccc(OC)cc4)s3)c2C)cc1. The van der Waals surface area contributed by atoms with Gasteiger partial charge >= 0.3 is 0 Å². The summed E-state index contributed by atoms with van der Waals surface area (Å²) in [6, 6.07) is 15.9. The van der Waals surface area contributed by atoms with Gasteiger partial charge in [0, 0.05) is 6.54 Å². The van der Waals surface area contributed by atoms with E-state index < -0.39 is 0 Å². The minimum atomic E-state index is -0.151. The van der Waals surface area contributed by atoms with Crippen molar-refractivity contribution in [3.05, 3.63) is 75.9 Å². The largest absolute Gasteiger partial charge is 0.497 e. The third-order valence-electron chi connectivity index (χ3n) is 5.30. The molecule has 0 atom stereocenters. The Morgan fingerprint density at radius 1 is 1.06 bits per heavy atom. The van der Waals surface area contributed by atoms with Gasteiger partial charge in [-0.15, -0.1) is 16.4 Å². The number of aromatic nitrogens is 4. The molecule has 0 radical (unpaired) electrons. The van der Waals surface area contributed by atoms with Gasteiger partial charge in [0.1, 0.15) is 21.3 Å². The summed E-state index contributed by atoms with van der Waals surface area (Å²) in [5.41, 5.74) is 5.46. The average molecular weight is 448 g/mol. The molecule has 0 aliphatic carbocycles. The van der Waals surface area contributed by atoms with Crippen LogP contribution < -0.4 is 10.1 Å². The van der Waals surface area contributed by atoms with Gasteiger partial charge in [0.05, 0.1) is 24.2 Å². The maximum atomic E-state index is 12.8. The molecule has 1 N–H and O–H groups in total. The lowest BCUT2D eigenvalue weighted by Gasteiger charge is -2.05. The van der Waals surface area contributed by atoms with Crippen molar-refractivity contribution >= 4 is 17.2 Å². The number of rotatable bonds is 7. The van der Waals surface area contributed by atoms with Crippen molar-refractivity contribution in [2.45, 2.75) is 33.7 Å². The van der Waals surface area contributed by atoms with Gasteiger partial charge in [-0.1, -0.05) is 36.4 Å². The van der Waals surface area contributed by atoms with Crippen molar-refractivity contribution < 1.29 is 9.53 Å². The van der Waals surface area contributed by atoms with Crippen LogP contribution in [0.15, 0.2) is 48.5 Å². The highest BCUT2D eigenvalue weighted by Gasteiger charge is 2.20. The number of nitrogens with one attached hydrogen (secondary N) is 1. The second-order valence-corrected chi connectivity index (χ2v) is 8.42. The zero-order valence-corrected chi connectivity index (χ0v) is 19.4. The van der Waals surface area contributed by atoms with Gasteiger partial charge in [-0.25, -0.2) is 9.67 Å². The number of thiazole rings is 1. The lowest BCUT2D eigenvalue weighted by atomic mass is 10.1. The molecular formula is C24H25N5O2S. The molecule has 0 saturated heterocycles. The van der Waals surface area contributed by atoms with Crippen molar-refractivity contribution in [2.75, 3.05) is 7.11 Å². The van der Waals surface area contributed by atoms with Crippen LogP contribution in [0.3, 0.4) is 0 Å². The lowest BCUT2D eigenvalue weighted by Crippen LogP contribution is -2.22. The molecule has 2 aromatic carbocycles. The van der Waals surface area contributed by atoms with Crippen LogP contribution in [-0.2, 0) is 13.0 Å². The van der Waals surface area contributed by atoms with E-state index in [9.17, 15) is 4.79 Å². The van der Waals surface area contributed by atoms with E-state index in [4.69, 9.17) is 4.74 Å². The lowest BCUT2D eigenvalue weighted by molar-refractivity contribution is 0.0954. The minimum Gasteiger partial charge on any atom is -0.497 e. The molecule has 7 nitrogen and oxygen atoms in total. The molecule has 8 heteroatoms. The Kier molecular flexibility index (Phi) is 6.32. The number of nitrogens with zero attached hydrogens (tertiary/aromatic N) is 4. The third kappa shape index (κ3) is 4.40. The number of benzene rings is 2. The van der Waals surface area contributed by atoms with Gasteiger partial charge < -0.3 is 10.1 Å². The Morgan fingerprint density at radius 2 is 1.75 bits per heavy atom. The maximum absolute atomic E-state index is 12.8. The highest BCUT2D eigenvalue weighted by molar-refractivity contribution is 7.17. The van der Waals surface area contributed by atoms with Gasteiger partial charge in [-0.3, -0.25) is 4.79 Å². The highest BCUT2D eigenvalue weighted by Crippen LogP contribution is 2.29. The number of methoxy groups -OCH3 is 1. The van der Waals surface area contributed by atoms with Gasteiger partial charge in [-0.05, 0) is 55.7 Å². The fraction of sp³-hybridized carbons (Fsp3) is 0.250. The van der Waals surface area contributed by atoms with E-state index in [2.05, 4.69) is 39.7 Å². The van der Waals surface area contributed by atoms with Crippen molar-refractivity contribution in [3.63, 3.8) is 0 Å². The number of hydrogen-bond donors (Lipinski definition) is 1. The van der Waals surface area contributed by atoms with Gasteiger partial charge in [0.15, 0.2) is 0 Å². The molecule has 2 aromatic heterocycles. The molecule has 0 aliphatic rings. The first-order chi connectivity index (χ1) is 15.5. The van der Waals surface area contributed by atoms with Crippen molar-refractivity contribution in [3.8, 4) is 22.1 Å². The van der Waals surface area contributed by atoms with Crippen LogP contribution in [0, 0.1) is 13.8 Å². The van der Waals surface area contributed by atoms with Gasteiger partial charge in [-0.2, -0.15) is 0 Å². The highest BCUT2D eigenvalue weighted by atomic mass is 32.1. The van der Waals surface area contributed by atoms with Crippen LogP contribution in [0.25, 0.3) is 16.4 Å². The van der Waals surface area contributed by atoms with Crippen LogP contribution in [0.2, 0.25) is 0 Å². The second kappa shape index (κ2) is 9.32. The summed E-state index contributed by atoms with van der Waals surface area (Å²) in [6.45, 7) is 6.36. The van der Waals surface area contributed by atoms with Gasteiger partial charge in [0.2, 0.25) is 0 Å². The fourth-order valence-electron chi connectivity index (χ4n) is 3.36. The van der Waals surface area contributed by atoms with E-state index in [0.29, 0.717) is 27.8 Å². The van der Waals surface area contributed by atoms with E-state index in [1.54, 1.807) is 11.8 Å². The molecule has 2 heterocycles. The maximum Gasteiger partial charge on any atom is 0.263 e. The summed E-state index contributed by atoms with van der Waals surface area (Å²) in [5, 5.41) is 12.3. The summed E-state index contributed by atoms with van der Waals surface area (Å²) < 4.78 is 6.97. The second-order valence-electron chi connectivity index (χ2n) is 7.42. The van der Waals surface area contributed by atoms with Crippen LogP contribution in [0.1, 0.15) is 39.1 Å². The third-order valence-corrected chi connectivity index (χ3v) is 6.46. The monoisotopic (exact) mass is 447 g/mol. The molecule has 1 amide bonds. The molecule has 0 saturated carbocycles. The standard InChI is InChI=1S/C24H25N5O2S/c1-5-17-6-10-19(11-7-17)29-16(3)21(27-28-29)24-26-15(2)22(32-24)23(30)25-14-18-8-12-20(31-4)13-9-18/h6-13H,5,14H2,1-4H3,(H,25,30). The summed E-state index contributed by atoms with van der Waals surface area (Å²) in [5.74, 6) is 0.634. The number of carbonyl (C=O) groups is 1. The molecule has 4 aromatic rings. The number of amides is 1. The predicted molar refractivity (Wildman–Crippen MR) is 125 cm³/mol. The van der Waals surface area contributed by atoms with Crippen molar-refractivity contribution in [1.29, 1.82) is 0 Å². The summed E-state index contributed by atoms with van der Waals surface area (Å²) in [6.07, 6.45) is 0.990. The van der Waals surface area contributed by atoms with E-state index in [0.717, 1.165) is 29.1 Å². The topological polar surface area (TPSA) is 81.9 Å².